The summed E-state index contributed by atoms with van der Waals surface area (Å²) in [7, 11) is 1.51. The highest BCUT2D eigenvalue weighted by Crippen LogP contribution is 2.27. The number of primary amides is 1. The number of furan rings is 1. The van der Waals surface area contributed by atoms with Crippen molar-refractivity contribution in [3.8, 4) is 0 Å². The first-order valence-corrected chi connectivity index (χ1v) is 8.81. The maximum atomic E-state index is 12.6. The normalized spacial score (nSPS) is 11.8. The predicted octanol–water partition coefficient (Wildman–Crippen LogP) is 2.86. The number of anilines is 1. The van der Waals surface area contributed by atoms with Crippen LogP contribution in [0, 0.1) is 0 Å². The van der Waals surface area contributed by atoms with E-state index in [1.807, 2.05) is 12.1 Å². The van der Waals surface area contributed by atoms with Gasteiger partial charge in [-0.2, -0.15) is 0 Å². The van der Waals surface area contributed by atoms with E-state index in [1.165, 1.54) is 38.3 Å². The Hall–Kier alpha value is -3.65. The van der Waals surface area contributed by atoms with Crippen LogP contribution < -0.4 is 11.1 Å². The number of benzene rings is 2. The minimum absolute atomic E-state index is 0.00138. The van der Waals surface area contributed by atoms with Gasteiger partial charge in [0.25, 0.3) is 5.91 Å². The molecule has 0 spiro atoms. The summed E-state index contributed by atoms with van der Waals surface area (Å²) >= 11 is 0. The van der Waals surface area contributed by atoms with Crippen LogP contribution in [0.4, 0.5) is 5.69 Å². The summed E-state index contributed by atoms with van der Waals surface area (Å²) in [6, 6.07) is 13.2. The van der Waals surface area contributed by atoms with Crippen LogP contribution in [0.25, 0.3) is 11.0 Å². The Bertz CT molecular complexity index is 1050. The number of ether oxygens (including phenoxy) is 2. The average Bonchev–Trinajstić information content (AvgIpc) is 3.07. The first kappa shape index (κ1) is 20.1. The Kier molecular flexibility index (Phi) is 5.94. The molecule has 8 heteroatoms. The van der Waals surface area contributed by atoms with Gasteiger partial charge < -0.3 is 24.9 Å². The fraction of sp³-hybridized carbons (Fsp3) is 0.190. The number of esters is 1. The molecule has 0 aliphatic heterocycles. The lowest BCUT2D eigenvalue weighted by atomic mass is 10.1. The fourth-order valence-electron chi connectivity index (χ4n) is 2.78. The van der Waals surface area contributed by atoms with E-state index in [2.05, 4.69) is 5.32 Å². The van der Waals surface area contributed by atoms with Crippen LogP contribution in [0.1, 0.15) is 33.4 Å². The molecule has 0 fully saturated rings. The summed E-state index contributed by atoms with van der Waals surface area (Å²) in [5.41, 5.74) is 7.02. The van der Waals surface area contributed by atoms with Crippen molar-refractivity contribution < 1.29 is 28.3 Å². The van der Waals surface area contributed by atoms with Gasteiger partial charge in [0.15, 0.2) is 6.10 Å². The summed E-state index contributed by atoms with van der Waals surface area (Å²) in [6.45, 7) is 1.61. The standard InChI is InChI=1S/C21H20N2O6/c1-12(20(25)23-14-9-7-13(8-10-14)19(22)24)28-21(26)18-16(11-27-2)15-5-3-4-6-17(15)29-18/h3-10,12H,11H2,1-2H3,(H2,22,24)(H,23,25)/t12-/m0/s1. The maximum Gasteiger partial charge on any atom is 0.375 e. The predicted molar refractivity (Wildman–Crippen MR) is 105 cm³/mol. The molecule has 2 aromatic carbocycles. The summed E-state index contributed by atoms with van der Waals surface area (Å²) in [5, 5.41) is 3.35. The van der Waals surface area contributed by atoms with Crippen molar-refractivity contribution in [2.24, 2.45) is 5.73 Å². The van der Waals surface area contributed by atoms with Gasteiger partial charge in [-0.05, 0) is 37.3 Å². The molecule has 3 aromatic rings. The quantitative estimate of drug-likeness (QED) is 0.593. The average molecular weight is 396 g/mol. The Morgan fingerprint density at radius 3 is 2.45 bits per heavy atom. The summed E-state index contributed by atoms with van der Waals surface area (Å²) < 4.78 is 16.1. The van der Waals surface area contributed by atoms with Crippen molar-refractivity contribution in [3.05, 3.63) is 65.4 Å². The molecular weight excluding hydrogens is 376 g/mol. The zero-order chi connectivity index (χ0) is 21.0. The monoisotopic (exact) mass is 396 g/mol. The van der Waals surface area contributed by atoms with Crippen molar-refractivity contribution in [3.63, 3.8) is 0 Å². The molecule has 0 saturated heterocycles. The molecular formula is C21H20N2O6. The number of methoxy groups -OCH3 is 1. The van der Waals surface area contributed by atoms with Crippen molar-refractivity contribution in [1.29, 1.82) is 0 Å². The van der Waals surface area contributed by atoms with Crippen molar-refractivity contribution in [1.82, 2.24) is 0 Å². The van der Waals surface area contributed by atoms with Gasteiger partial charge in [-0.15, -0.1) is 0 Å². The van der Waals surface area contributed by atoms with E-state index in [9.17, 15) is 14.4 Å². The van der Waals surface area contributed by atoms with E-state index in [-0.39, 0.29) is 12.4 Å². The number of fused-ring (bicyclic) bond motifs is 1. The molecule has 3 N–H and O–H groups in total. The van der Waals surface area contributed by atoms with Gasteiger partial charge in [0.1, 0.15) is 5.58 Å². The Morgan fingerprint density at radius 1 is 1.10 bits per heavy atom. The maximum absolute atomic E-state index is 12.6. The van der Waals surface area contributed by atoms with Crippen LogP contribution in [0.3, 0.4) is 0 Å². The van der Waals surface area contributed by atoms with E-state index < -0.39 is 23.9 Å². The molecule has 2 amide bonds. The second-order valence-electron chi connectivity index (χ2n) is 6.32. The van der Waals surface area contributed by atoms with Gasteiger partial charge in [-0.3, -0.25) is 9.59 Å². The summed E-state index contributed by atoms with van der Waals surface area (Å²) in [6.07, 6.45) is -1.08. The third kappa shape index (κ3) is 4.44. The van der Waals surface area contributed by atoms with Gasteiger partial charge in [0, 0.05) is 29.3 Å². The fourth-order valence-corrected chi connectivity index (χ4v) is 2.78. The van der Waals surface area contributed by atoms with E-state index in [0.29, 0.717) is 22.4 Å². The lowest BCUT2D eigenvalue weighted by molar-refractivity contribution is -0.123. The molecule has 8 nitrogen and oxygen atoms in total. The molecule has 0 bridgehead atoms. The van der Waals surface area contributed by atoms with Crippen LogP contribution in [0.15, 0.2) is 52.9 Å². The zero-order valence-electron chi connectivity index (χ0n) is 15.9. The molecule has 150 valence electrons. The molecule has 1 atom stereocenters. The molecule has 0 saturated carbocycles. The Balaban J connectivity index is 1.71. The van der Waals surface area contributed by atoms with E-state index >= 15 is 0 Å². The second kappa shape index (κ2) is 8.57. The second-order valence-corrected chi connectivity index (χ2v) is 6.32. The first-order chi connectivity index (χ1) is 13.9. The molecule has 0 aliphatic rings. The number of carbonyl (C=O) groups excluding carboxylic acids is 3. The minimum atomic E-state index is -1.08. The van der Waals surface area contributed by atoms with Crippen LogP contribution in [-0.4, -0.2) is 31.0 Å². The number of hydrogen-bond acceptors (Lipinski definition) is 6. The first-order valence-electron chi connectivity index (χ1n) is 8.81. The highest BCUT2D eigenvalue weighted by molar-refractivity contribution is 6.00. The van der Waals surface area contributed by atoms with Gasteiger partial charge >= 0.3 is 5.97 Å². The van der Waals surface area contributed by atoms with Crippen molar-refractivity contribution in [2.45, 2.75) is 19.6 Å². The highest BCUT2D eigenvalue weighted by Gasteiger charge is 2.25. The lowest BCUT2D eigenvalue weighted by Gasteiger charge is -2.13. The van der Waals surface area contributed by atoms with Gasteiger partial charge in [0.2, 0.25) is 11.7 Å². The Morgan fingerprint density at radius 2 is 1.79 bits per heavy atom. The largest absolute Gasteiger partial charge is 0.449 e. The van der Waals surface area contributed by atoms with E-state index in [0.717, 1.165) is 5.39 Å². The number of nitrogens with one attached hydrogen (secondary N) is 1. The summed E-state index contributed by atoms with van der Waals surface area (Å²) in [5.74, 6) is -1.86. The Labute approximate surface area is 166 Å². The molecule has 0 aliphatic carbocycles. The number of rotatable bonds is 7. The van der Waals surface area contributed by atoms with Crippen molar-refractivity contribution >= 4 is 34.4 Å². The van der Waals surface area contributed by atoms with E-state index in [4.69, 9.17) is 19.6 Å². The number of hydrogen-bond donors (Lipinski definition) is 2. The van der Waals surface area contributed by atoms with E-state index in [1.54, 1.807) is 12.1 Å². The van der Waals surface area contributed by atoms with Crippen LogP contribution >= 0.6 is 0 Å². The molecule has 3 rings (SSSR count). The molecule has 0 unspecified atom stereocenters. The lowest BCUT2D eigenvalue weighted by Crippen LogP contribution is -2.30. The van der Waals surface area contributed by atoms with Crippen LogP contribution in [0.2, 0.25) is 0 Å². The SMILES string of the molecule is COCc1c(C(=O)O[C@@H](C)C(=O)Nc2ccc(C(N)=O)cc2)oc2ccccc12. The number of carbonyl (C=O) groups is 3. The highest BCUT2D eigenvalue weighted by atomic mass is 16.6. The van der Waals surface area contributed by atoms with Crippen LogP contribution in [0.5, 0.6) is 0 Å². The molecule has 29 heavy (non-hydrogen) atoms. The summed E-state index contributed by atoms with van der Waals surface area (Å²) in [4.78, 5) is 36.0. The van der Waals surface area contributed by atoms with Gasteiger partial charge in [0.05, 0.1) is 6.61 Å². The molecule has 0 radical (unpaired) electrons. The number of para-hydroxylation sites is 1. The third-order valence-corrected chi connectivity index (χ3v) is 4.26. The van der Waals surface area contributed by atoms with Gasteiger partial charge in [-0.25, -0.2) is 4.79 Å². The topological polar surface area (TPSA) is 121 Å². The molecule has 1 heterocycles. The minimum Gasteiger partial charge on any atom is -0.449 e. The number of amides is 2. The van der Waals surface area contributed by atoms with Crippen molar-refractivity contribution in [2.75, 3.05) is 12.4 Å². The van der Waals surface area contributed by atoms with Crippen LogP contribution in [-0.2, 0) is 20.9 Å². The molecule has 1 aromatic heterocycles. The number of nitrogens with two attached hydrogens (primary N) is 1. The third-order valence-electron chi connectivity index (χ3n) is 4.26. The van der Waals surface area contributed by atoms with Gasteiger partial charge in [-0.1, -0.05) is 18.2 Å². The smallest absolute Gasteiger partial charge is 0.375 e. The zero-order valence-corrected chi connectivity index (χ0v) is 15.9.